The van der Waals surface area contributed by atoms with E-state index in [1.807, 2.05) is 44.2 Å². The summed E-state index contributed by atoms with van der Waals surface area (Å²) in [6, 6.07) is 13.3. The third kappa shape index (κ3) is 3.47. The number of rotatable bonds is 4. The molecule has 2 aromatic rings. The molecule has 2 aromatic carbocycles. The molecular formula is C15H15IN2O2. The molecule has 0 aliphatic rings. The van der Waals surface area contributed by atoms with Gasteiger partial charge in [-0.15, -0.1) is 0 Å². The van der Waals surface area contributed by atoms with E-state index in [1.54, 1.807) is 12.1 Å². The van der Waals surface area contributed by atoms with Gasteiger partial charge in [-0.25, -0.2) is 0 Å². The van der Waals surface area contributed by atoms with Gasteiger partial charge in [0.2, 0.25) is 0 Å². The highest BCUT2D eigenvalue weighted by atomic mass is 127. The number of benzene rings is 2. The lowest BCUT2D eigenvalue weighted by molar-refractivity contribution is -0.384. The molecule has 0 bridgehead atoms. The maximum atomic E-state index is 11.1. The molecule has 0 radical (unpaired) electrons. The highest BCUT2D eigenvalue weighted by Crippen LogP contribution is 2.29. The summed E-state index contributed by atoms with van der Waals surface area (Å²) in [5.74, 6) is 0. The van der Waals surface area contributed by atoms with Gasteiger partial charge in [-0.05, 0) is 54.1 Å². The molecule has 5 heteroatoms. The number of nitrogens with one attached hydrogen (secondary N) is 1. The summed E-state index contributed by atoms with van der Waals surface area (Å²) in [5, 5.41) is 14.3. The monoisotopic (exact) mass is 382 g/mol. The first-order valence-electron chi connectivity index (χ1n) is 6.24. The zero-order chi connectivity index (χ0) is 14.7. The van der Waals surface area contributed by atoms with Gasteiger partial charge in [0, 0.05) is 15.7 Å². The molecule has 104 valence electrons. The number of hydrogen-bond donors (Lipinski definition) is 1. The molecule has 0 heterocycles. The minimum Gasteiger partial charge on any atom is -0.373 e. The Morgan fingerprint density at radius 1 is 1.20 bits per heavy atom. The van der Waals surface area contributed by atoms with Crippen molar-refractivity contribution < 1.29 is 4.92 Å². The van der Waals surface area contributed by atoms with Crippen molar-refractivity contribution >= 4 is 34.0 Å². The zero-order valence-electron chi connectivity index (χ0n) is 11.3. The van der Waals surface area contributed by atoms with Crippen LogP contribution in [0.5, 0.6) is 0 Å². The average Bonchev–Trinajstić information content (AvgIpc) is 2.41. The topological polar surface area (TPSA) is 55.2 Å². The predicted molar refractivity (Wildman–Crippen MR) is 89.0 cm³/mol. The molecule has 4 nitrogen and oxygen atoms in total. The second-order valence-corrected chi connectivity index (χ2v) is 5.94. The molecule has 1 atom stereocenters. The molecule has 0 aromatic heterocycles. The number of nitrogens with zero attached hydrogens (tertiary/aromatic N) is 1. The second kappa shape index (κ2) is 6.21. The van der Waals surface area contributed by atoms with Crippen molar-refractivity contribution in [2.45, 2.75) is 19.9 Å². The summed E-state index contributed by atoms with van der Waals surface area (Å²) >= 11 is 2.07. The summed E-state index contributed by atoms with van der Waals surface area (Å²) in [5.41, 5.74) is 2.95. The van der Waals surface area contributed by atoms with Crippen molar-refractivity contribution in [3.8, 4) is 0 Å². The molecule has 0 spiro atoms. The summed E-state index contributed by atoms with van der Waals surface area (Å²) in [6.45, 7) is 4.03. The van der Waals surface area contributed by atoms with Gasteiger partial charge in [-0.1, -0.05) is 29.8 Å². The molecule has 0 aliphatic heterocycles. The molecule has 1 N–H and O–H groups in total. The van der Waals surface area contributed by atoms with Gasteiger partial charge < -0.3 is 5.32 Å². The summed E-state index contributed by atoms with van der Waals surface area (Å²) < 4.78 is 0.850. The molecule has 0 saturated carbocycles. The van der Waals surface area contributed by atoms with Crippen LogP contribution in [0.1, 0.15) is 24.1 Å². The average molecular weight is 382 g/mol. The van der Waals surface area contributed by atoms with Gasteiger partial charge in [-0.2, -0.15) is 0 Å². The number of nitro groups is 1. The van der Waals surface area contributed by atoms with Crippen LogP contribution in [0.25, 0.3) is 0 Å². The Hall–Kier alpha value is -1.63. The molecule has 20 heavy (non-hydrogen) atoms. The van der Waals surface area contributed by atoms with Crippen LogP contribution in [0.15, 0.2) is 42.5 Å². The fourth-order valence-corrected chi connectivity index (χ4v) is 2.42. The zero-order valence-corrected chi connectivity index (χ0v) is 13.4. The van der Waals surface area contributed by atoms with E-state index >= 15 is 0 Å². The van der Waals surface area contributed by atoms with E-state index in [-0.39, 0.29) is 16.7 Å². The Kier molecular flexibility index (Phi) is 4.59. The Labute approximate surface area is 131 Å². The number of hydrogen-bond acceptors (Lipinski definition) is 3. The largest absolute Gasteiger partial charge is 0.373 e. The molecule has 1 unspecified atom stereocenters. The Morgan fingerprint density at radius 3 is 2.45 bits per heavy atom. The number of halogens is 1. The van der Waals surface area contributed by atoms with Crippen LogP contribution in [0, 0.1) is 20.6 Å². The molecule has 2 rings (SSSR count). The maximum Gasteiger partial charge on any atom is 0.293 e. The summed E-state index contributed by atoms with van der Waals surface area (Å²) in [7, 11) is 0. The lowest BCUT2D eigenvalue weighted by atomic mass is 10.1. The van der Waals surface area contributed by atoms with Crippen molar-refractivity contribution in [1.82, 2.24) is 0 Å². The highest BCUT2D eigenvalue weighted by molar-refractivity contribution is 14.1. The Bertz CT molecular complexity index is 626. The summed E-state index contributed by atoms with van der Waals surface area (Å²) in [4.78, 5) is 10.7. The van der Waals surface area contributed by atoms with Crippen LogP contribution < -0.4 is 5.32 Å². The van der Waals surface area contributed by atoms with E-state index in [2.05, 4.69) is 27.9 Å². The van der Waals surface area contributed by atoms with E-state index in [0.717, 1.165) is 9.13 Å². The lowest BCUT2D eigenvalue weighted by Crippen LogP contribution is -2.08. The quantitative estimate of drug-likeness (QED) is 0.475. The number of aryl methyl sites for hydroxylation is 1. The van der Waals surface area contributed by atoms with Gasteiger partial charge in [0.1, 0.15) is 5.69 Å². The highest BCUT2D eigenvalue weighted by Gasteiger charge is 2.16. The predicted octanol–water partition coefficient (Wildman–Crippen LogP) is 4.68. The van der Waals surface area contributed by atoms with E-state index < -0.39 is 0 Å². The fraction of sp³-hybridized carbons (Fsp3) is 0.200. The summed E-state index contributed by atoms with van der Waals surface area (Å²) in [6.07, 6.45) is 0. The van der Waals surface area contributed by atoms with Crippen LogP contribution in [0.4, 0.5) is 11.4 Å². The van der Waals surface area contributed by atoms with Crippen LogP contribution in [-0.4, -0.2) is 4.92 Å². The number of anilines is 1. The first-order chi connectivity index (χ1) is 9.47. The fourth-order valence-electron chi connectivity index (χ4n) is 1.95. The first kappa shape index (κ1) is 14.8. The van der Waals surface area contributed by atoms with Crippen molar-refractivity contribution in [3.63, 3.8) is 0 Å². The van der Waals surface area contributed by atoms with Crippen molar-refractivity contribution in [2.75, 3.05) is 5.32 Å². The van der Waals surface area contributed by atoms with E-state index in [1.165, 1.54) is 5.56 Å². The van der Waals surface area contributed by atoms with Crippen LogP contribution in [0.3, 0.4) is 0 Å². The van der Waals surface area contributed by atoms with E-state index in [0.29, 0.717) is 5.69 Å². The first-order valence-corrected chi connectivity index (χ1v) is 7.32. The van der Waals surface area contributed by atoms with Crippen LogP contribution >= 0.6 is 22.6 Å². The minimum atomic E-state index is -0.355. The normalized spacial score (nSPS) is 11.9. The van der Waals surface area contributed by atoms with Gasteiger partial charge in [-0.3, -0.25) is 10.1 Å². The lowest BCUT2D eigenvalue weighted by Gasteiger charge is -2.16. The molecule has 0 fully saturated rings. The molecular weight excluding hydrogens is 367 g/mol. The van der Waals surface area contributed by atoms with E-state index in [9.17, 15) is 10.1 Å². The molecule has 0 aliphatic carbocycles. The molecule has 0 saturated heterocycles. The third-order valence-corrected chi connectivity index (χ3v) is 3.78. The Morgan fingerprint density at radius 2 is 1.85 bits per heavy atom. The van der Waals surface area contributed by atoms with Crippen LogP contribution in [-0.2, 0) is 0 Å². The van der Waals surface area contributed by atoms with Crippen molar-refractivity contribution in [2.24, 2.45) is 0 Å². The van der Waals surface area contributed by atoms with Gasteiger partial charge in [0.05, 0.1) is 4.92 Å². The minimum absolute atomic E-state index is 0.00867. The van der Waals surface area contributed by atoms with Crippen molar-refractivity contribution in [3.05, 3.63) is 67.3 Å². The maximum absolute atomic E-state index is 11.1. The van der Waals surface area contributed by atoms with Crippen molar-refractivity contribution in [1.29, 1.82) is 0 Å². The standard InChI is InChI=1S/C15H15IN2O2/c1-10-3-5-12(6-4-10)11(2)17-14-8-7-13(16)9-15(14)18(19)20/h3-9,11,17H,1-2H3. The van der Waals surface area contributed by atoms with Gasteiger partial charge in [0.15, 0.2) is 0 Å². The van der Waals surface area contributed by atoms with Gasteiger partial charge >= 0.3 is 0 Å². The number of nitro benzene ring substituents is 1. The third-order valence-electron chi connectivity index (χ3n) is 3.11. The van der Waals surface area contributed by atoms with E-state index in [4.69, 9.17) is 0 Å². The van der Waals surface area contributed by atoms with Gasteiger partial charge in [0.25, 0.3) is 5.69 Å². The molecule has 0 amide bonds. The Balaban J connectivity index is 2.25. The SMILES string of the molecule is Cc1ccc(C(C)Nc2ccc(I)cc2[N+](=O)[O-])cc1. The smallest absolute Gasteiger partial charge is 0.293 e. The second-order valence-electron chi connectivity index (χ2n) is 4.70. The van der Waals surface area contributed by atoms with Crippen LogP contribution in [0.2, 0.25) is 0 Å².